The van der Waals surface area contributed by atoms with Gasteiger partial charge in [-0.25, -0.2) is 4.98 Å². The number of piperidine rings is 1. The molecule has 1 saturated heterocycles. The third-order valence-electron chi connectivity index (χ3n) is 3.16. The first-order valence-electron chi connectivity index (χ1n) is 5.72. The summed E-state index contributed by atoms with van der Waals surface area (Å²) >= 11 is 3.46. The van der Waals surface area contributed by atoms with E-state index in [1.165, 1.54) is 18.4 Å². The fourth-order valence-corrected chi connectivity index (χ4v) is 2.39. The van der Waals surface area contributed by atoms with Crippen molar-refractivity contribution >= 4 is 21.7 Å². The number of aliphatic hydroxyl groups excluding tert-OH is 1. The van der Waals surface area contributed by atoms with E-state index in [1.807, 2.05) is 6.20 Å². The molecule has 4 heteroatoms. The van der Waals surface area contributed by atoms with Crippen LogP contribution in [-0.4, -0.2) is 29.3 Å². The predicted octanol–water partition coefficient (Wildman–Crippen LogP) is 2.50. The highest BCUT2D eigenvalue weighted by Gasteiger charge is 2.22. The highest BCUT2D eigenvalue weighted by atomic mass is 79.9. The highest BCUT2D eigenvalue weighted by molar-refractivity contribution is 9.10. The number of rotatable bonds is 2. The maximum atomic E-state index is 9.37. The second-order valence-corrected chi connectivity index (χ2v) is 5.17. The SMILES string of the molecule is Cc1cc(N2CCCCC2CO)ncc1Br. The summed E-state index contributed by atoms with van der Waals surface area (Å²) in [5, 5.41) is 9.37. The Labute approximate surface area is 105 Å². The third kappa shape index (κ3) is 2.38. The smallest absolute Gasteiger partial charge is 0.129 e. The lowest BCUT2D eigenvalue weighted by molar-refractivity contribution is 0.239. The molecule has 0 bridgehead atoms. The molecule has 0 spiro atoms. The number of pyridine rings is 1. The van der Waals surface area contributed by atoms with Crippen LogP contribution in [0.15, 0.2) is 16.7 Å². The second-order valence-electron chi connectivity index (χ2n) is 4.32. The van der Waals surface area contributed by atoms with E-state index in [-0.39, 0.29) is 12.6 Å². The molecular weight excluding hydrogens is 268 g/mol. The summed E-state index contributed by atoms with van der Waals surface area (Å²) in [7, 11) is 0. The molecule has 2 heterocycles. The normalized spacial score (nSPS) is 21.2. The van der Waals surface area contributed by atoms with E-state index >= 15 is 0 Å². The van der Waals surface area contributed by atoms with Crippen molar-refractivity contribution in [1.29, 1.82) is 0 Å². The number of aromatic nitrogens is 1. The van der Waals surface area contributed by atoms with Gasteiger partial charge in [0.25, 0.3) is 0 Å². The quantitative estimate of drug-likeness (QED) is 0.907. The predicted molar refractivity (Wildman–Crippen MR) is 68.7 cm³/mol. The molecule has 0 radical (unpaired) electrons. The van der Waals surface area contributed by atoms with Gasteiger partial charge in [0, 0.05) is 17.2 Å². The van der Waals surface area contributed by atoms with Gasteiger partial charge in [-0.2, -0.15) is 0 Å². The molecule has 1 N–H and O–H groups in total. The summed E-state index contributed by atoms with van der Waals surface area (Å²) < 4.78 is 1.04. The molecule has 1 fully saturated rings. The van der Waals surface area contributed by atoms with Gasteiger partial charge in [0.05, 0.1) is 12.6 Å². The summed E-state index contributed by atoms with van der Waals surface area (Å²) in [6.45, 7) is 3.28. The molecular formula is C12H17BrN2O. The lowest BCUT2D eigenvalue weighted by Crippen LogP contribution is -2.42. The fraction of sp³-hybridized carbons (Fsp3) is 0.583. The van der Waals surface area contributed by atoms with Gasteiger partial charge in [-0.1, -0.05) is 0 Å². The first-order chi connectivity index (χ1) is 7.72. The zero-order valence-electron chi connectivity index (χ0n) is 9.49. The highest BCUT2D eigenvalue weighted by Crippen LogP contribution is 2.25. The molecule has 0 aromatic carbocycles. The van der Waals surface area contributed by atoms with Crippen molar-refractivity contribution in [3.8, 4) is 0 Å². The van der Waals surface area contributed by atoms with Gasteiger partial charge in [0.1, 0.15) is 5.82 Å². The van der Waals surface area contributed by atoms with E-state index in [0.717, 1.165) is 23.3 Å². The zero-order valence-corrected chi connectivity index (χ0v) is 11.1. The zero-order chi connectivity index (χ0) is 11.5. The van der Waals surface area contributed by atoms with Crippen molar-refractivity contribution in [3.63, 3.8) is 0 Å². The number of hydrogen-bond acceptors (Lipinski definition) is 3. The van der Waals surface area contributed by atoms with Gasteiger partial charge < -0.3 is 10.0 Å². The van der Waals surface area contributed by atoms with Crippen molar-refractivity contribution in [2.75, 3.05) is 18.1 Å². The Hall–Kier alpha value is -0.610. The van der Waals surface area contributed by atoms with Crippen molar-refractivity contribution < 1.29 is 5.11 Å². The van der Waals surface area contributed by atoms with Crippen LogP contribution in [0.4, 0.5) is 5.82 Å². The standard InChI is InChI=1S/C12H17BrN2O/c1-9-6-12(14-7-11(9)13)15-5-3-2-4-10(15)8-16/h6-7,10,16H,2-5,8H2,1H3. The molecule has 1 atom stereocenters. The van der Waals surface area contributed by atoms with E-state index in [4.69, 9.17) is 0 Å². The Morgan fingerprint density at radius 2 is 2.38 bits per heavy atom. The first-order valence-corrected chi connectivity index (χ1v) is 6.51. The van der Waals surface area contributed by atoms with Crippen LogP contribution >= 0.6 is 15.9 Å². The molecule has 0 amide bonds. The minimum absolute atomic E-state index is 0.219. The molecule has 2 rings (SSSR count). The molecule has 1 aromatic heterocycles. The summed E-state index contributed by atoms with van der Waals surface area (Å²) in [5.74, 6) is 0.986. The number of aryl methyl sites for hydroxylation is 1. The van der Waals surface area contributed by atoms with Crippen molar-refractivity contribution in [2.24, 2.45) is 0 Å². The van der Waals surface area contributed by atoms with E-state index in [1.54, 1.807) is 0 Å². The minimum atomic E-state index is 0.219. The Kier molecular flexibility index (Phi) is 3.82. The van der Waals surface area contributed by atoms with Gasteiger partial charge >= 0.3 is 0 Å². The molecule has 88 valence electrons. The Balaban J connectivity index is 2.23. The Morgan fingerprint density at radius 1 is 1.56 bits per heavy atom. The number of aliphatic hydroxyl groups is 1. The number of hydrogen-bond donors (Lipinski definition) is 1. The molecule has 0 saturated carbocycles. The lowest BCUT2D eigenvalue weighted by atomic mass is 10.0. The van der Waals surface area contributed by atoms with Crippen LogP contribution in [0.5, 0.6) is 0 Å². The molecule has 0 aliphatic carbocycles. The maximum absolute atomic E-state index is 9.37. The van der Waals surface area contributed by atoms with Crippen LogP contribution in [0, 0.1) is 6.92 Å². The van der Waals surface area contributed by atoms with Gasteiger partial charge in [-0.3, -0.25) is 0 Å². The molecule has 1 aromatic rings. The van der Waals surface area contributed by atoms with Crippen LogP contribution in [0.3, 0.4) is 0 Å². The lowest BCUT2D eigenvalue weighted by Gasteiger charge is -2.35. The molecule has 3 nitrogen and oxygen atoms in total. The van der Waals surface area contributed by atoms with Gasteiger partial charge in [0.15, 0.2) is 0 Å². The summed E-state index contributed by atoms with van der Waals surface area (Å²) in [5.41, 5.74) is 1.19. The number of anilines is 1. The molecule has 1 aliphatic heterocycles. The van der Waals surface area contributed by atoms with Crippen LogP contribution in [0.1, 0.15) is 24.8 Å². The Morgan fingerprint density at radius 3 is 3.06 bits per heavy atom. The Bertz CT molecular complexity index is 370. The van der Waals surface area contributed by atoms with Crippen LogP contribution < -0.4 is 4.90 Å². The van der Waals surface area contributed by atoms with E-state index in [9.17, 15) is 5.11 Å². The van der Waals surface area contributed by atoms with Crippen LogP contribution in [0.25, 0.3) is 0 Å². The first kappa shape index (κ1) is 11.9. The maximum Gasteiger partial charge on any atom is 0.129 e. The summed E-state index contributed by atoms with van der Waals surface area (Å²) in [4.78, 5) is 6.65. The monoisotopic (exact) mass is 284 g/mol. The molecule has 1 unspecified atom stereocenters. The van der Waals surface area contributed by atoms with Crippen LogP contribution in [0.2, 0.25) is 0 Å². The topological polar surface area (TPSA) is 36.4 Å². The average Bonchev–Trinajstić information content (AvgIpc) is 2.32. The van der Waals surface area contributed by atoms with E-state index < -0.39 is 0 Å². The minimum Gasteiger partial charge on any atom is -0.394 e. The van der Waals surface area contributed by atoms with E-state index in [2.05, 4.69) is 38.8 Å². The average molecular weight is 285 g/mol. The largest absolute Gasteiger partial charge is 0.394 e. The van der Waals surface area contributed by atoms with Crippen molar-refractivity contribution in [1.82, 2.24) is 4.98 Å². The van der Waals surface area contributed by atoms with Gasteiger partial charge in [-0.05, 0) is 53.7 Å². The summed E-state index contributed by atoms with van der Waals surface area (Å²) in [6, 6.07) is 2.32. The van der Waals surface area contributed by atoms with Crippen molar-refractivity contribution in [3.05, 3.63) is 22.3 Å². The van der Waals surface area contributed by atoms with E-state index in [0.29, 0.717) is 0 Å². The number of halogens is 1. The fourth-order valence-electron chi connectivity index (χ4n) is 2.17. The third-order valence-corrected chi connectivity index (χ3v) is 3.99. The van der Waals surface area contributed by atoms with Gasteiger partial charge in [0.2, 0.25) is 0 Å². The number of nitrogens with zero attached hydrogens (tertiary/aromatic N) is 2. The van der Waals surface area contributed by atoms with Crippen LogP contribution in [-0.2, 0) is 0 Å². The molecule has 1 aliphatic rings. The second kappa shape index (κ2) is 5.15. The van der Waals surface area contributed by atoms with Crippen molar-refractivity contribution in [2.45, 2.75) is 32.2 Å². The van der Waals surface area contributed by atoms with Gasteiger partial charge in [-0.15, -0.1) is 0 Å². The summed E-state index contributed by atoms with van der Waals surface area (Å²) in [6.07, 6.45) is 5.30. The molecule has 16 heavy (non-hydrogen) atoms.